The van der Waals surface area contributed by atoms with Gasteiger partial charge in [0.1, 0.15) is 6.29 Å². The van der Waals surface area contributed by atoms with Crippen molar-refractivity contribution in [1.82, 2.24) is 19.3 Å². The van der Waals surface area contributed by atoms with Crippen LogP contribution in [0.1, 0.15) is 75.0 Å². The zero-order valence-electron chi connectivity index (χ0n) is 25.7. The number of aromatic nitrogens is 1. The summed E-state index contributed by atoms with van der Waals surface area (Å²) in [6, 6.07) is 6.04. The van der Waals surface area contributed by atoms with E-state index < -0.39 is 0 Å². The summed E-state index contributed by atoms with van der Waals surface area (Å²) in [5, 5.41) is 1.25. The molecule has 6 heteroatoms. The maximum Gasteiger partial charge on any atom is 0.222 e. The summed E-state index contributed by atoms with van der Waals surface area (Å²) < 4.78 is 2.39. The number of fused-ring (bicyclic) bond motifs is 1. The molecule has 0 fully saturated rings. The number of hydrogen-bond donors (Lipinski definition) is 0. The van der Waals surface area contributed by atoms with E-state index >= 15 is 0 Å². The molecule has 0 aliphatic carbocycles. The molecule has 0 atom stereocenters. The molecule has 0 aliphatic heterocycles. The van der Waals surface area contributed by atoms with Gasteiger partial charge in [0.25, 0.3) is 0 Å². The molecule has 0 saturated heterocycles. The predicted octanol–water partition coefficient (Wildman–Crippen LogP) is 6.23. The molecule has 0 spiro atoms. The first-order valence-electron chi connectivity index (χ1n) is 14.8. The lowest BCUT2D eigenvalue weighted by Gasteiger charge is -2.26. The number of amides is 1. The number of carbonyl (C=O) groups is 2. The highest BCUT2D eigenvalue weighted by Gasteiger charge is 2.17. The Balaban J connectivity index is 0.00000177. The number of nitrogens with zero attached hydrogens (tertiary/aromatic N) is 4. The third kappa shape index (κ3) is 11.1. The van der Waals surface area contributed by atoms with Crippen LogP contribution in [0.4, 0.5) is 0 Å². The van der Waals surface area contributed by atoms with Crippen LogP contribution in [0.5, 0.6) is 0 Å². The summed E-state index contributed by atoms with van der Waals surface area (Å²) in [6.07, 6.45) is 10.9. The van der Waals surface area contributed by atoms with Gasteiger partial charge in [0.05, 0.1) is 0 Å². The number of rotatable bonds is 18. The first-order chi connectivity index (χ1) is 18.8. The van der Waals surface area contributed by atoms with Crippen molar-refractivity contribution in [2.24, 2.45) is 0 Å². The average molecular weight is 539 g/mol. The van der Waals surface area contributed by atoms with Crippen LogP contribution in [-0.2, 0) is 24.2 Å². The van der Waals surface area contributed by atoms with E-state index in [0.717, 1.165) is 76.9 Å². The predicted molar refractivity (Wildman–Crippen MR) is 168 cm³/mol. The second-order valence-electron chi connectivity index (χ2n) is 10.3. The van der Waals surface area contributed by atoms with Crippen molar-refractivity contribution >= 4 is 23.1 Å². The fourth-order valence-corrected chi connectivity index (χ4v) is 4.58. The number of hydrogen-bond acceptors (Lipinski definition) is 4. The lowest BCUT2D eigenvalue weighted by molar-refractivity contribution is -0.129. The van der Waals surface area contributed by atoms with Crippen LogP contribution in [0.2, 0.25) is 0 Å². The molecule has 2 rings (SSSR count). The summed E-state index contributed by atoms with van der Waals surface area (Å²) >= 11 is 0. The van der Waals surface area contributed by atoms with Crippen molar-refractivity contribution in [2.75, 3.05) is 53.4 Å². The molecule has 218 valence electrons. The van der Waals surface area contributed by atoms with E-state index in [1.54, 1.807) is 4.90 Å². The monoisotopic (exact) mass is 538 g/mol. The van der Waals surface area contributed by atoms with E-state index in [1.165, 1.54) is 29.5 Å². The second-order valence-corrected chi connectivity index (χ2v) is 10.3. The van der Waals surface area contributed by atoms with Gasteiger partial charge in [0, 0.05) is 87.9 Å². The lowest BCUT2D eigenvalue weighted by atomic mass is 10.0. The maximum absolute atomic E-state index is 11.8. The SMILES string of the molecule is C=CCc1c(CCC)c2ccc(C=O)cc2n1CCN(CC=C)CCN(C)CCN(C)C(=O)CC.CCCC. The van der Waals surface area contributed by atoms with E-state index in [4.69, 9.17) is 0 Å². The van der Waals surface area contributed by atoms with E-state index in [0.29, 0.717) is 12.0 Å². The van der Waals surface area contributed by atoms with Crippen molar-refractivity contribution in [3.8, 4) is 0 Å². The van der Waals surface area contributed by atoms with Gasteiger partial charge in [-0.3, -0.25) is 14.5 Å². The number of aldehydes is 1. The summed E-state index contributed by atoms with van der Waals surface area (Å²) in [5.74, 6) is 0.182. The Morgan fingerprint density at radius 1 is 0.923 bits per heavy atom. The highest BCUT2D eigenvalue weighted by Crippen LogP contribution is 2.29. The van der Waals surface area contributed by atoms with Crippen LogP contribution in [-0.4, -0.2) is 84.8 Å². The normalized spacial score (nSPS) is 11.0. The number of benzene rings is 1. The Hall–Kier alpha value is -2.70. The van der Waals surface area contributed by atoms with Gasteiger partial charge >= 0.3 is 0 Å². The topological polar surface area (TPSA) is 48.8 Å². The fourth-order valence-electron chi connectivity index (χ4n) is 4.58. The fraction of sp³-hybridized carbons (Fsp3) is 0.576. The van der Waals surface area contributed by atoms with Gasteiger partial charge in [-0.1, -0.05) is 71.2 Å². The van der Waals surface area contributed by atoms with E-state index in [2.05, 4.69) is 61.4 Å². The average Bonchev–Trinajstić information content (AvgIpc) is 3.24. The Morgan fingerprint density at radius 2 is 1.62 bits per heavy atom. The van der Waals surface area contributed by atoms with E-state index in [9.17, 15) is 9.59 Å². The Morgan fingerprint density at radius 3 is 2.18 bits per heavy atom. The zero-order valence-corrected chi connectivity index (χ0v) is 25.7. The quantitative estimate of drug-likeness (QED) is 0.167. The van der Waals surface area contributed by atoms with Crippen molar-refractivity contribution in [2.45, 2.75) is 72.8 Å². The van der Waals surface area contributed by atoms with Crippen LogP contribution in [0.15, 0.2) is 43.5 Å². The Bertz CT molecular complexity index is 1020. The first kappa shape index (κ1) is 34.3. The van der Waals surface area contributed by atoms with Gasteiger partial charge in [0.2, 0.25) is 5.91 Å². The molecule has 1 aromatic heterocycles. The van der Waals surface area contributed by atoms with E-state index in [-0.39, 0.29) is 5.91 Å². The van der Waals surface area contributed by atoms with Crippen molar-refractivity contribution in [3.05, 3.63) is 60.3 Å². The molecule has 6 nitrogen and oxygen atoms in total. The summed E-state index contributed by atoms with van der Waals surface area (Å²) in [6.45, 7) is 22.4. The van der Waals surface area contributed by atoms with Crippen LogP contribution >= 0.6 is 0 Å². The molecule has 0 saturated carbocycles. The number of allylic oxidation sites excluding steroid dienone is 1. The summed E-state index contributed by atoms with van der Waals surface area (Å²) in [5.41, 5.74) is 4.52. The highest BCUT2D eigenvalue weighted by atomic mass is 16.2. The lowest BCUT2D eigenvalue weighted by Crippen LogP contribution is -2.39. The minimum atomic E-state index is 0.182. The molecular formula is C33H54N4O2. The number of carbonyl (C=O) groups excluding carboxylic acids is 2. The minimum absolute atomic E-state index is 0.182. The number of unbranched alkanes of at least 4 members (excludes halogenated alkanes) is 1. The molecule has 1 heterocycles. The van der Waals surface area contributed by atoms with Gasteiger partial charge < -0.3 is 14.4 Å². The molecule has 0 radical (unpaired) electrons. The summed E-state index contributed by atoms with van der Waals surface area (Å²) in [4.78, 5) is 29.8. The smallest absolute Gasteiger partial charge is 0.222 e. The van der Waals surface area contributed by atoms with Crippen LogP contribution in [0.25, 0.3) is 10.9 Å². The molecule has 1 amide bonds. The van der Waals surface area contributed by atoms with Gasteiger partial charge in [0.15, 0.2) is 0 Å². The van der Waals surface area contributed by atoms with Gasteiger partial charge in [-0.15, -0.1) is 13.2 Å². The van der Waals surface area contributed by atoms with Gasteiger partial charge in [-0.05, 0) is 25.1 Å². The number of aryl methyl sites for hydroxylation is 1. The Kier molecular flexibility index (Phi) is 17.1. The molecule has 0 unspecified atom stereocenters. The molecule has 2 aromatic rings. The molecule has 39 heavy (non-hydrogen) atoms. The van der Waals surface area contributed by atoms with Crippen molar-refractivity contribution in [1.29, 1.82) is 0 Å². The second kappa shape index (κ2) is 19.4. The summed E-state index contributed by atoms with van der Waals surface area (Å²) in [7, 11) is 3.98. The third-order valence-corrected chi connectivity index (χ3v) is 7.16. The van der Waals surface area contributed by atoms with Gasteiger partial charge in [-0.2, -0.15) is 0 Å². The van der Waals surface area contributed by atoms with Crippen LogP contribution < -0.4 is 0 Å². The third-order valence-electron chi connectivity index (χ3n) is 7.16. The number of likely N-dealkylation sites (N-methyl/N-ethyl adjacent to an activating group) is 2. The highest BCUT2D eigenvalue weighted by molar-refractivity contribution is 5.90. The molecule has 1 aromatic carbocycles. The molecular weight excluding hydrogens is 484 g/mol. The van der Waals surface area contributed by atoms with Gasteiger partial charge in [-0.25, -0.2) is 0 Å². The van der Waals surface area contributed by atoms with Crippen molar-refractivity contribution < 1.29 is 9.59 Å². The molecule has 0 bridgehead atoms. The maximum atomic E-state index is 11.8. The standard InChI is InChI=1S/C29H44N4O2.C4H10/c1-7-11-25-26-14-13-24(23-34)22-28(26)33(27(25)12-8-2)21-20-32(15-9-3)19-17-30(5)16-18-31(6)29(35)10-4;1-3-4-2/h8-9,13-14,22-23H,2-3,7,10-12,15-21H2,1,4-6H3;3-4H2,1-2H3. The first-order valence-corrected chi connectivity index (χ1v) is 14.8. The molecule has 0 N–H and O–H groups in total. The minimum Gasteiger partial charge on any atom is -0.344 e. The molecule has 0 aliphatic rings. The van der Waals surface area contributed by atoms with E-state index in [1.807, 2.05) is 38.3 Å². The largest absolute Gasteiger partial charge is 0.344 e. The van der Waals surface area contributed by atoms with Crippen LogP contribution in [0, 0.1) is 0 Å². The van der Waals surface area contributed by atoms with Crippen LogP contribution in [0.3, 0.4) is 0 Å². The Labute approximate surface area is 238 Å². The van der Waals surface area contributed by atoms with Crippen molar-refractivity contribution in [3.63, 3.8) is 0 Å². The zero-order chi connectivity index (χ0) is 29.2.